The number of fused-ring (bicyclic) bond motifs is 1. The van der Waals surface area contributed by atoms with Crippen molar-refractivity contribution < 1.29 is 12.9 Å². The Bertz CT molecular complexity index is 926. The highest BCUT2D eigenvalue weighted by molar-refractivity contribution is 7.92. The van der Waals surface area contributed by atoms with Crippen LogP contribution in [-0.4, -0.2) is 28.3 Å². The van der Waals surface area contributed by atoms with Crippen molar-refractivity contribution in [3.63, 3.8) is 0 Å². The minimum Gasteiger partial charge on any atom is -0.360 e. The van der Waals surface area contributed by atoms with Gasteiger partial charge in [-0.2, -0.15) is 5.10 Å². The van der Waals surface area contributed by atoms with Gasteiger partial charge in [-0.3, -0.25) is 9.40 Å². The molecule has 0 unspecified atom stereocenters. The van der Waals surface area contributed by atoms with Crippen molar-refractivity contribution in [1.29, 1.82) is 0 Å². The van der Waals surface area contributed by atoms with Crippen LogP contribution >= 0.6 is 0 Å². The number of rotatable bonds is 3. The summed E-state index contributed by atoms with van der Waals surface area (Å²) in [4.78, 5) is 4.20. The number of aromatic nitrogens is 4. The van der Waals surface area contributed by atoms with E-state index in [0.717, 1.165) is 0 Å². The second-order valence-electron chi connectivity index (χ2n) is 4.68. The molecule has 0 aliphatic rings. The Labute approximate surface area is 120 Å². The summed E-state index contributed by atoms with van der Waals surface area (Å²) in [7, 11) is -2.01. The monoisotopic (exact) mass is 307 g/mol. The standard InChI is InChI=1S/C12H13N5O3S/c1-7-4-11(15-20-7)16-21(18,19)9-5-10-8(2)14-17(3)12(10)13-6-9/h4-6H,1-3H3,(H,15,16). The van der Waals surface area contributed by atoms with Gasteiger partial charge in [0, 0.05) is 24.7 Å². The highest BCUT2D eigenvalue weighted by Gasteiger charge is 2.19. The Morgan fingerprint density at radius 3 is 2.71 bits per heavy atom. The summed E-state index contributed by atoms with van der Waals surface area (Å²) in [6, 6.07) is 3.04. The molecule has 1 N–H and O–H groups in total. The van der Waals surface area contributed by atoms with E-state index in [9.17, 15) is 8.42 Å². The zero-order valence-electron chi connectivity index (χ0n) is 11.7. The van der Waals surface area contributed by atoms with Crippen molar-refractivity contribution in [2.75, 3.05) is 4.72 Å². The van der Waals surface area contributed by atoms with E-state index in [1.54, 1.807) is 31.6 Å². The zero-order chi connectivity index (χ0) is 15.2. The largest absolute Gasteiger partial charge is 0.360 e. The molecule has 0 amide bonds. The van der Waals surface area contributed by atoms with Crippen LogP contribution in [0.3, 0.4) is 0 Å². The van der Waals surface area contributed by atoms with E-state index in [0.29, 0.717) is 22.5 Å². The Morgan fingerprint density at radius 1 is 1.29 bits per heavy atom. The van der Waals surface area contributed by atoms with Gasteiger partial charge >= 0.3 is 0 Å². The normalized spacial score (nSPS) is 12.0. The van der Waals surface area contributed by atoms with Crippen LogP contribution in [-0.2, 0) is 17.1 Å². The van der Waals surface area contributed by atoms with Crippen molar-refractivity contribution in [2.45, 2.75) is 18.7 Å². The lowest BCUT2D eigenvalue weighted by atomic mass is 10.3. The summed E-state index contributed by atoms with van der Waals surface area (Å²) in [5, 5.41) is 8.51. The summed E-state index contributed by atoms with van der Waals surface area (Å²) in [6.07, 6.45) is 1.29. The molecular weight excluding hydrogens is 294 g/mol. The molecule has 0 radical (unpaired) electrons. The number of anilines is 1. The minimum atomic E-state index is -3.77. The molecule has 3 rings (SSSR count). The maximum absolute atomic E-state index is 12.3. The molecule has 110 valence electrons. The van der Waals surface area contributed by atoms with Crippen molar-refractivity contribution >= 4 is 26.9 Å². The predicted molar refractivity (Wildman–Crippen MR) is 75.3 cm³/mol. The van der Waals surface area contributed by atoms with Gasteiger partial charge in [-0.1, -0.05) is 5.16 Å². The van der Waals surface area contributed by atoms with E-state index in [1.807, 2.05) is 0 Å². The topological polar surface area (TPSA) is 103 Å². The number of nitrogens with zero attached hydrogens (tertiary/aromatic N) is 4. The molecule has 0 atom stereocenters. The van der Waals surface area contributed by atoms with Gasteiger partial charge in [0.1, 0.15) is 10.7 Å². The fraction of sp³-hybridized carbons (Fsp3) is 0.250. The molecule has 8 nitrogen and oxygen atoms in total. The Hall–Kier alpha value is -2.42. The molecule has 3 aromatic rings. The third-order valence-corrected chi connectivity index (χ3v) is 4.34. The summed E-state index contributed by atoms with van der Waals surface area (Å²) in [5.74, 6) is 0.653. The van der Waals surface area contributed by atoms with Crippen LogP contribution in [0.2, 0.25) is 0 Å². The van der Waals surface area contributed by atoms with E-state index in [2.05, 4.69) is 20.0 Å². The summed E-state index contributed by atoms with van der Waals surface area (Å²) in [5.41, 5.74) is 1.35. The van der Waals surface area contributed by atoms with E-state index >= 15 is 0 Å². The maximum atomic E-state index is 12.3. The lowest BCUT2D eigenvalue weighted by Gasteiger charge is -2.04. The first-order valence-corrected chi connectivity index (χ1v) is 7.60. The van der Waals surface area contributed by atoms with Gasteiger partial charge in [0.25, 0.3) is 10.0 Å². The highest BCUT2D eigenvalue weighted by atomic mass is 32.2. The van der Waals surface area contributed by atoms with Crippen molar-refractivity contribution in [3.8, 4) is 0 Å². The van der Waals surface area contributed by atoms with Gasteiger partial charge in [0.15, 0.2) is 11.5 Å². The molecule has 21 heavy (non-hydrogen) atoms. The van der Waals surface area contributed by atoms with Crippen LogP contribution < -0.4 is 4.72 Å². The lowest BCUT2D eigenvalue weighted by molar-refractivity contribution is 0.400. The van der Waals surface area contributed by atoms with E-state index in [4.69, 9.17) is 4.52 Å². The number of hydrogen-bond donors (Lipinski definition) is 1. The molecule has 0 aromatic carbocycles. The van der Waals surface area contributed by atoms with Crippen LogP contribution in [0.4, 0.5) is 5.82 Å². The molecule has 3 heterocycles. The highest BCUT2D eigenvalue weighted by Crippen LogP contribution is 2.21. The van der Waals surface area contributed by atoms with Crippen molar-refractivity contribution in [2.24, 2.45) is 7.05 Å². The fourth-order valence-electron chi connectivity index (χ4n) is 2.05. The average Bonchev–Trinajstić information content (AvgIpc) is 2.93. The lowest BCUT2D eigenvalue weighted by Crippen LogP contribution is -2.13. The van der Waals surface area contributed by atoms with E-state index in [1.165, 1.54) is 12.3 Å². The quantitative estimate of drug-likeness (QED) is 0.784. The van der Waals surface area contributed by atoms with Crippen molar-refractivity contribution in [1.82, 2.24) is 19.9 Å². The Balaban J connectivity index is 2.04. The maximum Gasteiger partial charge on any atom is 0.264 e. The van der Waals surface area contributed by atoms with E-state index < -0.39 is 10.0 Å². The van der Waals surface area contributed by atoms with Crippen molar-refractivity contribution in [3.05, 3.63) is 29.8 Å². The molecule has 0 fully saturated rings. The molecule has 0 spiro atoms. The molecule has 0 aliphatic carbocycles. The smallest absolute Gasteiger partial charge is 0.264 e. The van der Waals surface area contributed by atoms with Gasteiger partial charge in [-0.15, -0.1) is 0 Å². The Kier molecular flexibility index (Phi) is 2.94. The van der Waals surface area contributed by atoms with Gasteiger partial charge in [-0.25, -0.2) is 13.4 Å². The number of pyridine rings is 1. The summed E-state index contributed by atoms with van der Waals surface area (Å²) >= 11 is 0. The number of sulfonamides is 1. The average molecular weight is 307 g/mol. The van der Waals surface area contributed by atoms with Gasteiger partial charge in [0.2, 0.25) is 0 Å². The fourth-order valence-corrected chi connectivity index (χ4v) is 3.00. The number of nitrogens with one attached hydrogen (secondary N) is 1. The van der Waals surface area contributed by atoms with Crippen LogP contribution in [0.5, 0.6) is 0 Å². The first-order chi connectivity index (χ1) is 9.87. The molecular formula is C12H13N5O3S. The van der Waals surface area contributed by atoms with E-state index in [-0.39, 0.29) is 10.7 Å². The summed E-state index contributed by atoms with van der Waals surface area (Å²) in [6.45, 7) is 3.48. The first-order valence-electron chi connectivity index (χ1n) is 6.12. The third kappa shape index (κ3) is 2.35. The minimum absolute atomic E-state index is 0.0479. The first kappa shape index (κ1) is 13.6. The van der Waals surface area contributed by atoms with Gasteiger partial charge in [-0.05, 0) is 19.9 Å². The zero-order valence-corrected chi connectivity index (χ0v) is 12.5. The summed E-state index contributed by atoms with van der Waals surface area (Å²) < 4.78 is 33.4. The van der Waals surface area contributed by atoms with Crippen LogP contribution in [0.15, 0.2) is 27.7 Å². The second-order valence-corrected chi connectivity index (χ2v) is 6.36. The number of aryl methyl sites for hydroxylation is 3. The Morgan fingerprint density at radius 2 is 2.05 bits per heavy atom. The molecule has 3 aromatic heterocycles. The van der Waals surface area contributed by atoms with Gasteiger partial charge in [0.05, 0.1) is 5.69 Å². The van der Waals surface area contributed by atoms with Crippen LogP contribution in [0.1, 0.15) is 11.5 Å². The molecule has 0 bridgehead atoms. The molecule has 9 heteroatoms. The third-order valence-electron chi connectivity index (χ3n) is 3.02. The van der Waals surface area contributed by atoms with Crippen LogP contribution in [0, 0.1) is 13.8 Å². The number of hydrogen-bond acceptors (Lipinski definition) is 6. The second kappa shape index (κ2) is 4.55. The molecule has 0 saturated heterocycles. The molecule has 0 aliphatic heterocycles. The van der Waals surface area contributed by atoms with Gasteiger partial charge < -0.3 is 4.52 Å². The SMILES string of the molecule is Cc1cc(NS(=O)(=O)c2cnc3c(c2)c(C)nn3C)no1. The predicted octanol–water partition coefficient (Wildman–Crippen LogP) is 1.37. The van der Waals surface area contributed by atoms with Crippen LogP contribution in [0.25, 0.3) is 11.0 Å². The molecule has 0 saturated carbocycles.